The van der Waals surface area contributed by atoms with Crippen LogP contribution in [0.3, 0.4) is 0 Å². The number of hydrogen-bond acceptors (Lipinski definition) is 8. The van der Waals surface area contributed by atoms with Gasteiger partial charge in [-0.3, -0.25) is 14.6 Å². The number of morpholine rings is 1. The molecule has 0 bridgehead atoms. The Labute approximate surface area is 273 Å². The maximum Gasteiger partial charge on any atom is 0.313 e. The summed E-state index contributed by atoms with van der Waals surface area (Å²) in [6.45, 7) is 4.92. The van der Waals surface area contributed by atoms with E-state index in [2.05, 4.69) is 22.5 Å². The van der Waals surface area contributed by atoms with Crippen molar-refractivity contribution in [3.8, 4) is 23.0 Å². The van der Waals surface area contributed by atoms with Crippen LogP contribution in [0.2, 0.25) is 0 Å². The number of hydrogen-bond donors (Lipinski definition) is 2. The Morgan fingerprint density at radius 1 is 1.04 bits per heavy atom. The van der Waals surface area contributed by atoms with Crippen molar-refractivity contribution < 1.29 is 32.9 Å². The Bertz CT molecular complexity index is 1720. The van der Waals surface area contributed by atoms with Crippen LogP contribution >= 0.6 is 0 Å². The number of pyridine rings is 1. The third-order valence-corrected chi connectivity index (χ3v) is 8.71. The quantitative estimate of drug-likeness (QED) is 0.218. The number of halogens is 1. The van der Waals surface area contributed by atoms with Crippen molar-refractivity contribution in [2.75, 3.05) is 45.2 Å². The van der Waals surface area contributed by atoms with Crippen LogP contribution in [-0.4, -0.2) is 67.7 Å². The minimum atomic E-state index is -0.859. The zero-order chi connectivity index (χ0) is 32.8. The summed E-state index contributed by atoms with van der Waals surface area (Å²) in [5.41, 5.74) is 1.66. The Kier molecular flexibility index (Phi) is 10.1. The second-order valence-electron chi connectivity index (χ2n) is 11.7. The molecule has 2 aliphatic rings. The maximum atomic E-state index is 15.3. The molecule has 10 nitrogen and oxygen atoms in total. The molecule has 11 heteroatoms. The van der Waals surface area contributed by atoms with Crippen molar-refractivity contribution in [1.29, 1.82) is 0 Å². The van der Waals surface area contributed by atoms with Crippen LogP contribution in [0.5, 0.6) is 23.0 Å². The molecule has 4 aromatic rings. The number of nitrogens with zero attached hydrogens (tertiary/aromatic N) is 2. The van der Waals surface area contributed by atoms with E-state index in [0.29, 0.717) is 40.7 Å². The summed E-state index contributed by atoms with van der Waals surface area (Å²) in [5.74, 6) is -0.392. The number of amides is 2. The minimum Gasteiger partial charge on any atom is -0.493 e. The molecule has 2 N–H and O–H groups in total. The van der Waals surface area contributed by atoms with E-state index in [1.807, 2.05) is 36.4 Å². The van der Waals surface area contributed by atoms with Gasteiger partial charge in [0, 0.05) is 35.9 Å². The molecule has 2 saturated heterocycles. The first-order valence-corrected chi connectivity index (χ1v) is 16.0. The second-order valence-corrected chi connectivity index (χ2v) is 11.7. The number of methoxy groups -OCH3 is 1. The molecule has 3 heterocycles. The molecule has 0 aliphatic carbocycles. The van der Waals surface area contributed by atoms with E-state index in [9.17, 15) is 9.59 Å². The monoisotopic (exact) mass is 642 g/mol. The highest BCUT2D eigenvalue weighted by Crippen LogP contribution is 2.39. The summed E-state index contributed by atoms with van der Waals surface area (Å²) in [5, 5.41) is 6.53. The lowest BCUT2D eigenvalue weighted by molar-refractivity contribution is -0.148. The van der Waals surface area contributed by atoms with Crippen molar-refractivity contribution in [3.63, 3.8) is 0 Å². The number of rotatable bonds is 9. The predicted octanol–water partition coefficient (Wildman–Crippen LogP) is 5.87. The van der Waals surface area contributed by atoms with E-state index < -0.39 is 17.6 Å². The molecule has 2 aliphatic heterocycles. The van der Waals surface area contributed by atoms with Crippen molar-refractivity contribution in [2.24, 2.45) is 5.92 Å². The molecule has 0 radical (unpaired) electrons. The number of carbonyl (C=O) groups excluding carboxylic acids is 2. The van der Waals surface area contributed by atoms with E-state index in [-0.39, 0.29) is 36.7 Å². The number of piperidine rings is 1. The van der Waals surface area contributed by atoms with Crippen LogP contribution in [0.15, 0.2) is 72.9 Å². The van der Waals surface area contributed by atoms with Crippen LogP contribution in [0.1, 0.15) is 37.9 Å². The number of benzene rings is 3. The smallest absolute Gasteiger partial charge is 0.313 e. The molecule has 0 saturated carbocycles. The highest BCUT2D eigenvalue weighted by Gasteiger charge is 2.30. The number of ether oxygens (including phenoxy) is 4. The Morgan fingerprint density at radius 3 is 2.60 bits per heavy atom. The van der Waals surface area contributed by atoms with Crippen molar-refractivity contribution in [3.05, 3.63) is 84.3 Å². The normalized spacial score (nSPS) is 17.6. The van der Waals surface area contributed by atoms with Gasteiger partial charge in [-0.05, 0) is 68.1 Å². The van der Waals surface area contributed by atoms with Gasteiger partial charge in [0.15, 0.2) is 23.1 Å². The standard InChI is InChI=1S/C36H39FN4O6/c1-3-29(24-11-14-38-15-12-24)46-33-21-28-26(20-32(33)44-2)30(13-16-39-28)47-31-10-9-25(19-27(31)37)40-35(42)36(43)41-17-18-45-34(22-41)23-7-5-4-6-8-23/h4-10,13,16,19-21,24,29,34,38H,3,11-12,14-15,17-18,22H2,1-2H3,(H,40,42). The lowest BCUT2D eigenvalue weighted by atomic mass is 9.90. The molecule has 3 aromatic carbocycles. The van der Waals surface area contributed by atoms with Crippen LogP contribution in [-0.2, 0) is 14.3 Å². The molecule has 6 rings (SSSR count). The van der Waals surface area contributed by atoms with Crippen LogP contribution in [0.4, 0.5) is 10.1 Å². The SMILES string of the molecule is CCC(Oc1cc2nccc(Oc3ccc(NC(=O)C(=O)N4CCOC(c5ccccc5)C4)cc3F)c2cc1OC)C1CCNCC1. The predicted molar refractivity (Wildman–Crippen MR) is 175 cm³/mol. The first kappa shape index (κ1) is 32.2. The summed E-state index contributed by atoms with van der Waals surface area (Å²) in [4.78, 5) is 31.7. The fraction of sp³-hybridized carbons (Fsp3) is 0.361. The van der Waals surface area contributed by atoms with Gasteiger partial charge in [0.05, 0.1) is 25.8 Å². The highest BCUT2D eigenvalue weighted by molar-refractivity contribution is 6.39. The Hall–Kier alpha value is -4.74. The average molecular weight is 643 g/mol. The van der Waals surface area contributed by atoms with Crippen LogP contribution < -0.4 is 24.8 Å². The van der Waals surface area contributed by atoms with Gasteiger partial charge in [-0.2, -0.15) is 0 Å². The first-order chi connectivity index (χ1) is 22.9. The first-order valence-electron chi connectivity index (χ1n) is 16.0. The largest absolute Gasteiger partial charge is 0.493 e. The van der Waals surface area contributed by atoms with Gasteiger partial charge >= 0.3 is 11.8 Å². The Morgan fingerprint density at radius 2 is 1.85 bits per heavy atom. The molecule has 0 spiro atoms. The lowest BCUT2D eigenvalue weighted by Gasteiger charge is -2.32. The number of aromatic nitrogens is 1. The summed E-state index contributed by atoms with van der Waals surface area (Å²) in [6, 6.07) is 18.8. The topological polar surface area (TPSA) is 111 Å². The molecule has 2 amide bonds. The lowest BCUT2D eigenvalue weighted by Crippen LogP contribution is -2.46. The van der Waals surface area contributed by atoms with Gasteiger partial charge in [-0.1, -0.05) is 37.3 Å². The van der Waals surface area contributed by atoms with E-state index in [4.69, 9.17) is 18.9 Å². The number of nitrogens with one attached hydrogen (secondary N) is 2. The van der Waals surface area contributed by atoms with Gasteiger partial charge in [-0.15, -0.1) is 0 Å². The fourth-order valence-corrected chi connectivity index (χ4v) is 6.17. The van der Waals surface area contributed by atoms with Gasteiger partial charge in [0.1, 0.15) is 18.0 Å². The van der Waals surface area contributed by atoms with Crippen molar-refractivity contribution >= 4 is 28.4 Å². The van der Waals surface area contributed by atoms with Crippen LogP contribution in [0.25, 0.3) is 10.9 Å². The minimum absolute atomic E-state index is 0.0475. The number of carbonyl (C=O) groups is 2. The average Bonchev–Trinajstić information content (AvgIpc) is 3.12. The van der Waals surface area contributed by atoms with Gasteiger partial charge in [0.2, 0.25) is 0 Å². The van der Waals surface area contributed by atoms with Gasteiger partial charge in [-0.25, -0.2) is 4.39 Å². The molecular formula is C36H39FN4O6. The maximum absolute atomic E-state index is 15.3. The van der Waals surface area contributed by atoms with E-state index in [1.165, 1.54) is 17.0 Å². The van der Waals surface area contributed by atoms with Crippen molar-refractivity contribution in [2.45, 2.75) is 38.4 Å². The van der Waals surface area contributed by atoms with E-state index >= 15 is 4.39 Å². The summed E-state index contributed by atoms with van der Waals surface area (Å²) >= 11 is 0. The fourth-order valence-electron chi connectivity index (χ4n) is 6.17. The third kappa shape index (κ3) is 7.47. The zero-order valence-electron chi connectivity index (χ0n) is 26.5. The highest BCUT2D eigenvalue weighted by atomic mass is 19.1. The molecule has 246 valence electrons. The zero-order valence-corrected chi connectivity index (χ0v) is 26.5. The van der Waals surface area contributed by atoms with Crippen molar-refractivity contribution in [1.82, 2.24) is 15.2 Å². The number of anilines is 1. The second kappa shape index (κ2) is 14.8. The molecule has 47 heavy (non-hydrogen) atoms. The van der Waals surface area contributed by atoms with E-state index in [1.54, 1.807) is 25.4 Å². The van der Waals surface area contributed by atoms with Gasteiger partial charge < -0.3 is 34.5 Å². The molecule has 1 aromatic heterocycles. The third-order valence-electron chi connectivity index (χ3n) is 8.71. The summed E-state index contributed by atoms with van der Waals surface area (Å²) < 4.78 is 39.3. The molecule has 2 atom stereocenters. The molecular weight excluding hydrogens is 603 g/mol. The number of fused-ring (bicyclic) bond motifs is 1. The van der Waals surface area contributed by atoms with E-state index in [0.717, 1.165) is 44.0 Å². The Balaban J connectivity index is 1.13. The van der Waals surface area contributed by atoms with Crippen LogP contribution in [0, 0.1) is 11.7 Å². The van der Waals surface area contributed by atoms with Gasteiger partial charge in [0.25, 0.3) is 0 Å². The molecule has 2 unspecified atom stereocenters. The summed E-state index contributed by atoms with van der Waals surface area (Å²) in [7, 11) is 1.58. The molecule has 2 fully saturated rings. The summed E-state index contributed by atoms with van der Waals surface area (Å²) in [6.07, 6.45) is 4.28.